The second-order valence-electron chi connectivity index (χ2n) is 14.2. The van der Waals surface area contributed by atoms with Crippen LogP contribution in [0.15, 0.2) is 212 Å². The van der Waals surface area contributed by atoms with Crippen LogP contribution in [0.1, 0.15) is 0 Å². The van der Waals surface area contributed by atoms with E-state index >= 15 is 0 Å². The molecule has 0 aliphatic carbocycles. The highest BCUT2D eigenvalue weighted by molar-refractivity contribution is 6.10. The quantitative estimate of drug-likeness (QED) is 0.171. The second kappa shape index (κ2) is 13.1. The van der Waals surface area contributed by atoms with Gasteiger partial charge in [-0.25, -0.2) is 0 Å². The number of anilines is 6. The fraction of sp³-hybridized carbons (Fsp3) is 0. The lowest BCUT2D eigenvalue weighted by molar-refractivity contribution is 0.477. The van der Waals surface area contributed by atoms with Gasteiger partial charge in [0.1, 0.15) is 0 Å². The number of nitrogens with zero attached hydrogens (tertiary/aromatic N) is 3. The van der Waals surface area contributed by atoms with Crippen LogP contribution in [0.2, 0.25) is 0 Å². The first-order valence-corrected chi connectivity index (χ1v) is 19.0. The van der Waals surface area contributed by atoms with Gasteiger partial charge in [-0.2, -0.15) is 0 Å². The summed E-state index contributed by atoms with van der Waals surface area (Å²) in [5.41, 5.74) is 12.2. The molecule has 1 aromatic heterocycles. The molecular weight excluding hydrogens is 683 g/mol. The molecule has 0 atom stereocenters. The zero-order valence-corrected chi connectivity index (χ0v) is 30.5. The molecule has 0 bridgehead atoms. The smallest absolute Gasteiger partial charge is 0.151 e. The molecule has 264 valence electrons. The van der Waals surface area contributed by atoms with Crippen molar-refractivity contribution in [1.29, 1.82) is 0 Å². The first-order chi connectivity index (χ1) is 27.8. The summed E-state index contributed by atoms with van der Waals surface area (Å²) in [6.07, 6.45) is 0. The molecule has 0 radical (unpaired) electrons. The standard InChI is InChI=1S/C52H35N3O/c1-2-15-38(16-3-1)53(39-27-25-37(26-28-39)44-19-12-14-36-13-4-5-17-43(36)44)42-33-34-46-45-18-6-7-20-47(45)54(50(46)35-42)40-29-31-41(32-30-40)55-48-21-8-10-23-51(48)56-52-24-11-9-22-49(52)55/h1-35H. The van der Waals surface area contributed by atoms with Crippen molar-refractivity contribution >= 4 is 66.7 Å². The predicted molar refractivity (Wildman–Crippen MR) is 233 cm³/mol. The summed E-state index contributed by atoms with van der Waals surface area (Å²) in [5, 5.41) is 4.94. The van der Waals surface area contributed by atoms with Crippen molar-refractivity contribution in [1.82, 2.24) is 4.57 Å². The van der Waals surface area contributed by atoms with Crippen LogP contribution in [-0.4, -0.2) is 4.57 Å². The van der Waals surface area contributed by atoms with Crippen LogP contribution >= 0.6 is 0 Å². The number of ether oxygens (including phenoxy) is 1. The van der Waals surface area contributed by atoms with Crippen LogP contribution in [0.5, 0.6) is 11.5 Å². The van der Waals surface area contributed by atoms with Crippen LogP contribution in [0.4, 0.5) is 34.1 Å². The van der Waals surface area contributed by atoms with E-state index < -0.39 is 0 Å². The summed E-state index contributed by atoms with van der Waals surface area (Å²) >= 11 is 0. The lowest BCUT2D eigenvalue weighted by Gasteiger charge is -2.32. The van der Waals surface area contributed by atoms with Crippen LogP contribution in [-0.2, 0) is 0 Å². The number of hydrogen-bond donors (Lipinski definition) is 0. The van der Waals surface area contributed by atoms with Crippen molar-refractivity contribution < 1.29 is 4.74 Å². The Morgan fingerprint density at radius 2 is 0.946 bits per heavy atom. The minimum Gasteiger partial charge on any atom is -0.453 e. The first-order valence-electron chi connectivity index (χ1n) is 19.0. The molecule has 0 saturated heterocycles. The molecule has 0 amide bonds. The summed E-state index contributed by atoms with van der Waals surface area (Å²) < 4.78 is 8.69. The third kappa shape index (κ3) is 5.23. The highest BCUT2D eigenvalue weighted by atomic mass is 16.5. The molecule has 0 N–H and O–H groups in total. The van der Waals surface area contributed by atoms with Gasteiger partial charge in [-0.1, -0.05) is 121 Å². The molecule has 4 nitrogen and oxygen atoms in total. The Hall–Kier alpha value is -7.56. The van der Waals surface area contributed by atoms with Gasteiger partial charge in [0.15, 0.2) is 11.5 Å². The summed E-state index contributed by atoms with van der Waals surface area (Å²) in [4.78, 5) is 4.63. The Balaban J connectivity index is 1.03. The van der Waals surface area contributed by atoms with Crippen molar-refractivity contribution in [3.63, 3.8) is 0 Å². The number of fused-ring (bicyclic) bond motifs is 6. The van der Waals surface area contributed by atoms with Gasteiger partial charge in [-0.3, -0.25) is 0 Å². The van der Waals surface area contributed by atoms with Crippen LogP contribution in [0.25, 0.3) is 49.4 Å². The third-order valence-electron chi connectivity index (χ3n) is 11.0. The van der Waals surface area contributed by atoms with E-state index in [4.69, 9.17) is 4.74 Å². The van der Waals surface area contributed by atoms with E-state index in [2.05, 4.69) is 202 Å². The Kier molecular flexibility index (Phi) is 7.46. The molecule has 1 aliphatic heterocycles. The number of para-hydroxylation sites is 6. The average molecular weight is 718 g/mol. The molecule has 1 aliphatic rings. The molecule has 0 spiro atoms. The van der Waals surface area contributed by atoms with Crippen LogP contribution in [0, 0.1) is 0 Å². The fourth-order valence-corrected chi connectivity index (χ4v) is 8.40. The van der Waals surface area contributed by atoms with Gasteiger partial charge >= 0.3 is 0 Å². The number of benzene rings is 9. The fourth-order valence-electron chi connectivity index (χ4n) is 8.40. The highest BCUT2D eigenvalue weighted by Crippen LogP contribution is 2.50. The number of hydrogen-bond acceptors (Lipinski definition) is 3. The van der Waals surface area contributed by atoms with E-state index in [1.165, 1.54) is 38.2 Å². The Labute approximate surface area is 325 Å². The van der Waals surface area contributed by atoms with Gasteiger partial charge in [-0.15, -0.1) is 0 Å². The van der Waals surface area contributed by atoms with Crippen molar-refractivity contribution in [2.24, 2.45) is 0 Å². The van der Waals surface area contributed by atoms with Crippen molar-refractivity contribution in [3.05, 3.63) is 212 Å². The van der Waals surface area contributed by atoms with Gasteiger partial charge in [-0.05, 0) is 113 Å². The topological polar surface area (TPSA) is 20.6 Å². The molecular formula is C52H35N3O. The van der Waals surface area contributed by atoms with E-state index in [1.54, 1.807) is 0 Å². The molecule has 0 saturated carbocycles. The Morgan fingerprint density at radius 1 is 0.375 bits per heavy atom. The number of aromatic nitrogens is 1. The lowest BCUT2D eigenvalue weighted by atomic mass is 9.98. The van der Waals surface area contributed by atoms with E-state index in [1.807, 2.05) is 24.3 Å². The Bertz CT molecular complexity index is 3010. The molecule has 0 fully saturated rings. The molecule has 11 rings (SSSR count). The zero-order valence-electron chi connectivity index (χ0n) is 30.5. The molecule has 9 aromatic carbocycles. The van der Waals surface area contributed by atoms with E-state index in [0.29, 0.717) is 0 Å². The van der Waals surface area contributed by atoms with Crippen molar-refractivity contribution in [2.75, 3.05) is 9.80 Å². The second-order valence-corrected chi connectivity index (χ2v) is 14.2. The van der Waals surface area contributed by atoms with Crippen molar-refractivity contribution in [2.45, 2.75) is 0 Å². The first kappa shape index (κ1) is 31.9. The maximum Gasteiger partial charge on any atom is 0.151 e. The molecule has 4 heteroatoms. The average Bonchev–Trinajstić information content (AvgIpc) is 3.60. The van der Waals surface area contributed by atoms with Crippen molar-refractivity contribution in [3.8, 4) is 28.3 Å². The third-order valence-corrected chi connectivity index (χ3v) is 11.0. The Morgan fingerprint density at radius 3 is 1.71 bits per heavy atom. The molecule has 56 heavy (non-hydrogen) atoms. The maximum absolute atomic E-state index is 6.29. The summed E-state index contributed by atoms with van der Waals surface area (Å²) in [6, 6.07) is 75.7. The highest BCUT2D eigenvalue weighted by Gasteiger charge is 2.25. The van der Waals surface area contributed by atoms with Gasteiger partial charge in [0.2, 0.25) is 0 Å². The monoisotopic (exact) mass is 717 g/mol. The normalized spacial score (nSPS) is 12.0. The van der Waals surface area contributed by atoms with Gasteiger partial charge in [0.05, 0.1) is 22.4 Å². The summed E-state index contributed by atoms with van der Waals surface area (Å²) in [5.74, 6) is 1.69. The van der Waals surface area contributed by atoms with E-state index in [0.717, 1.165) is 56.8 Å². The largest absolute Gasteiger partial charge is 0.453 e. The van der Waals surface area contributed by atoms with E-state index in [9.17, 15) is 0 Å². The predicted octanol–water partition coefficient (Wildman–Crippen LogP) is 14.6. The summed E-state index contributed by atoms with van der Waals surface area (Å²) in [6.45, 7) is 0. The lowest BCUT2D eigenvalue weighted by Crippen LogP contribution is -2.15. The summed E-state index contributed by atoms with van der Waals surface area (Å²) in [7, 11) is 0. The van der Waals surface area contributed by atoms with Gasteiger partial charge in [0.25, 0.3) is 0 Å². The maximum atomic E-state index is 6.29. The zero-order chi connectivity index (χ0) is 37.0. The number of rotatable bonds is 6. The molecule has 10 aromatic rings. The van der Waals surface area contributed by atoms with E-state index in [-0.39, 0.29) is 0 Å². The van der Waals surface area contributed by atoms with Crippen LogP contribution in [0.3, 0.4) is 0 Å². The minimum absolute atomic E-state index is 0.844. The van der Waals surface area contributed by atoms with Gasteiger partial charge < -0.3 is 19.1 Å². The molecule has 0 unspecified atom stereocenters. The molecule has 2 heterocycles. The van der Waals surface area contributed by atoms with Gasteiger partial charge in [0, 0.05) is 39.2 Å². The minimum atomic E-state index is 0.844. The SMILES string of the molecule is c1ccc(N(c2ccc(-c3cccc4ccccc34)cc2)c2ccc3c4ccccc4n(-c4ccc(N5c6ccccc6Oc6ccccc65)cc4)c3c2)cc1. The van der Waals surface area contributed by atoms with Crippen LogP contribution < -0.4 is 14.5 Å².